The van der Waals surface area contributed by atoms with Gasteiger partial charge in [-0.2, -0.15) is 0 Å². The lowest BCUT2D eigenvalue weighted by atomic mass is 9.67. The van der Waals surface area contributed by atoms with Gasteiger partial charge in [0.2, 0.25) is 0 Å². The Labute approximate surface area is 335 Å². The van der Waals surface area contributed by atoms with E-state index in [-0.39, 0.29) is 0 Å². The minimum atomic E-state index is -0.706. The molecular formula is C55H41NO. The Hall–Kier alpha value is -7.42. The van der Waals surface area contributed by atoms with E-state index >= 15 is 0 Å². The van der Waals surface area contributed by atoms with Gasteiger partial charge in [0.1, 0.15) is 5.75 Å². The highest BCUT2D eigenvalue weighted by atomic mass is 16.5. The average molecular weight is 732 g/mol. The van der Waals surface area contributed by atoms with Crippen molar-refractivity contribution in [2.24, 2.45) is 0 Å². The maximum Gasteiger partial charge on any atom is 0.139 e. The molecule has 0 fully saturated rings. The van der Waals surface area contributed by atoms with Crippen molar-refractivity contribution in [3.8, 4) is 28.0 Å². The smallest absolute Gasteiger partial charge is 0.139 e. The molecule has 1 unspecified atom stereocenters. The third-order valence-corrected chi connectivity index (χ3v) is 11.0. The summed E-state index contributed by atoms with van der Waals surface area (Å²) in [6, 6.07) is 61.3. The lowest BCUT2D eigenvalue weighted by molar-refractivity contribution is 0.466. The van der Waals surface area contributed by atoms with Gasteiger partial charge in [-0.15, -0.1) is 0 Å². The van der Waals surface area contributed by atoms with E-state index < -0.39 is 5.41 Å². The van der Waals surface area contributed by atoms with Gasteiger partial charge < -0.3 is 9.64 Å². The molecule has 1 heterocycles. The number of anilines is 3. The first-order chi connectivity index (χ1) is 28.2. The molecule has 0 N–H and O–H groups in total. The Morgan fingerprint density at radius 3 is 1.93 bits per heavy atom. The second kappa shape index (κ2) is 15.4. The summed E-state index contributed by atoms with van der Waals surface area (Å²) >= 11 is 0. The minimum Gasteiger partial charge on any atom is -0.464 e. The second-order valence-corrected chi connectivity index (χ2v) is 14.2. The van der Waals surface area contributed by atoms with E-state index in [2.05, 4.69) is 194 Å². The van der Waals surface area contributed by atoms with Crippen LogP contribution in [0.4, 0.5) is 17.1 Å². The molecule has 0 saturated heterocycles. The summed E-state index contributed by atoms with van der Waals surface area (Å²) in [5.41, 5.74) is 14.9. The molecule has 0 amide bonds. The first kappa shape index (κ1) is 35.3. The van der Waals surface area contributed by atoms with Crippen LogP contribution in [0.1, 0.15) is 33.4 Å². The van der Waals surface area contributed by atoms with E-state index in [0.29, 0.717) is 0 Å². The number of allylic oxidation sites excluding steroid dienone is 8. The van der Waals surface area contributed by atoms with Crippen LogP contribution in [0, 0.1) is 0 Å². The van der Waals surface area contributed by atoms with E-state index in [4.69, 9.17) is 4.74 Å². The Kier molecular flexibility index (Phi) is 9.52. The number of para-hydroxylation sites is 1. The van der Waals surface area contributed by atoms with Crippen molar-refractivity contribution in [3.05, 3.63) is 265 Å². The van der Waals surface area contributed by atoms with Gasteiger partial charge in [-0.1, -0.05) is 195 Å². The van der Waals surface area contributed by atoms with Crippen molar-refractivity contribution in [3.63, 3.8) is 0 Å². The third kappa shape index (κ3) is 6.28. The van der Waals surface area contributed by atoms with Crippen molar-refractivity contribution >= 4 is 28.7 Å². The van der Waals surface area contributed by atoms with Crippen LogP contribution in [0.2, 0.25) is 0 Å². The number of hydrogen-bond donors (Lipinski definition) is 0. The van der Waals surface area contributed by atoms with E-state index in [1.165, 1.54) is 33.4 Å². The minimum absolute atomic E-state index is 0.706. The Morgan fingerprint density at radius 1 is 0.526 bits per heavy atom. The van der Waals surface area contributed by atoms with Crippen LogP contribution in [0.25, 0.3) is 33.9 Å². The molecule has 2 aliphatic rings. The molecule has 1 atom stereocenters. The molecule has 0 aromatic heterocycles. The van der Waals surface area contributed by atoms with Crippen molar-refractivity contribution in [1.82, 2.24) is 0 Å². The monoisotopic (exact) mass is 731 g/mol. The number of nitrogens with zero attached hydrogens (tertiary/aromatic N) is 1. The van der Waals surface area contributed by atoms with Crippen molar-refractivity contribution in [2.45, 2.75) is 5.41 Å². The lowest BCUT2D eigenvalue weighted by Crippen LogP contribution is -2.29. The van der Waals surface area contributed by atoms with Crippen LogP contribution < -0.4 is 9.64 Å². The molecule has 1 aliphatic carbocycles. The lowest BCUT2D eigenvalue weighted by Gasteiger charge is -2.36. The molecule has 0 bridgehead atoms. The zero-order valence-corrected chi connectivity index (χ0v) is 31.6. The normalized spacial score (nSPS) is 16.5. The molecule has 2 nitrogen and oxygen atoms in total. The summed E-state index contributed by atoms with van der Waals surface area (Å²) in [6.07, 6.45) is 17.6. The maximum absolute atomic E-state index is 6.62. The predicted octanol–water partition coefficient (Wildman–Crippen LogP) is 14.4. The van der Waals surface area contributed by atoms with Gasteiger partial charge in [0.05, 0.1) is 17.4 Å². The highest BCUT2D eigenvalue weighted by molar-refractivity contribution is 5.98. The van der Waals surface area contributed by atoms with Gasteiger partial charge in [-0.05, 0) is 80.9 Å². The Bertz CT molecular complexity index is 2720. The van der Waals surface area contributed by atoms with Gasteiger partial charge in [-0.3, -0.25) is 0 Å². The molecule has 57 heavy (non-hydrogen) atoms. The van der Waals surface area contributed by atoms with Gasteiger partial charge >= 0.3 is 0 Å². The molecule has 272 valence electrons. The summed E-state index contributed by atoms with van der Waals surface area (Å²) in [7, 11) is 0. The van der Waals surface area contributed by atoms with Gasteiger partial charge in [-0.25, -0.2) is 0 Å². The van der Waals surface area contributed by atoms with Crippen LogP contribution in [-0.2, 0) is 5.41 Å². The fourth-order valence-electron chi connectivity index (χ4n) is 8.47. The molecule has 0 saturated carbocycles. The highest BCUT2D eigenvalue weighted by Gasteiger charge is 2.49. The summed E-state index contributed by atoms with van der Waals surface area (Å²) < 4.78 is 6.62. The number of rotatable bonds is 9. The van der Waals surface area contributed by atoms with E-state index in [9.17, 15) is 0 Å². The topological polar surface area (TPSA) is 12.5 Å². The molecule has 2 heteroatoms. The molecule has 0 radical (unpaired) electrons. The van der Waals surface area contributed by atoms with E-state index in [1.54, 1.807) is 12.3 Å². The van der Waals surface area contributed by atoms with Crippen LogP contribution >= 0.6 is 0 Å². The molecule has 0 spiro atoms. The summed E-state index contributed by atoms with van der Waals surface area (Å²) in [5, 5.41) is 0. The number of fused-ring (bicyclic) bond motifs is 4. The fraction of sp³-hybridized carbons (Fsp3) is 0.0182. The summed E-state index contributed by atoms with van der Waals surface area (Å²) in [5.74, 6) is 0.806. The molecule has 7 aromatic carbocycles. The van der Waals surface area contributed by atoms with Crippen molar-refractivity contribution in [2.75, 3.05) is 4.90 Å². The van der Waals surface area contributed by atoms with Crippen LogP contribution in [0.15, 0.2) is 232 Å². The second-order valence-electron chi connectivity index (χ2n) is 14.2. The van der Waals surface area contributed by atoms with Crippen molar-refractivity contribution in [1.29, 1.82) is 0 Å². The Balaban J connectivity index is 1.31. The molecule has 1 aliphatic heterocycles. The van der Waals surface area contributed by atoms with Gasteiger partial charge in [0.25, 0.3) is 0 Å². The molecular weight excluding hydrogens is 691 g/mol. The average Bonchev–Trinajstić information content (AvgIpc) is 3.57. The summed E-state index contributed by atoms with van der Waals surface area (Å²) in [4.78, 5) is 2.40. The third-order valence-electron chi connectivity index (χ3n) is 11.0. The van der Waals surface area contributed by atoms with Gasteiger partial charge in [0, 0.05) is 28.1 Å². The van der Waals surface area contributed by atoms with Gasteiger partial charge in [0.15, 0.2) is 0 Å². The fourth-order valence-corrected chi connectivity index (χ4v) is 8.47. The maximum atomic E-state index is 6.62. The van der Waals surface area contributed by atoms with E-state index in [0.717, 1.165) is 50.6 Å². The van der Waals surface area contributed by atoms with Crippen LogP contribution in [0.3, 0.4) is 0 Å². The van der Waals surface area contributed by atoms with E-state index in [1.807, 2.05) is 36.5 Å². The first-order valence-corrected chi connectivity index (χ1v) is 19.3. The standard InChI is InChI=1S/C55H41NO/c1-3-4-5-8-20-41-31-35-45(36-32-41)56(46-37-33-43(34-38-46)42-21-9-6-10-22-42)52-30-18-28-50-53(52)48-25-13-14-27-49(48)55(50,44-23-11-7-12-24-44)51-29-17-26-47-40(2)19-15-16-39-57-54(47)51/h3-39H,1-2H2/b5-4-,19-15-,20-8?,39-16-. The summed E-state index contributed by atoms with van der Waals surface area (Å²) in [6.45, 7) is 8.24. The SMILES string of the molecule is C=C/C=C\C=Cc1ccc(N(c2ccc(-c3ccccc3)cc2)c2cccc3c2-c2ccccc2C3(c2ccccc2)c2cccc3c2O/C=C\C=C/C3=C)cc1. The van der Waals surface area contributed by atoms with Crippen LogP contribution in [-0.4, -0.2) is 0 Å². The highest BCUT2D eigenvalue weighted by Crippen LogP contribution is 2.61. The zero-order valence-electron chi connectivity index (χ0n) is 31.6. The quantitative estimate of drug-likeness (QED) is 0.137. The van der Waals surface area contributed by atoms with Crippen molar-refractivity contribution < 1.29 is 4.74 Å². The largest absolute Gasteiger partial charge is 0.464 e. The molecule has 9 rings (SSSR count). The predicted molar refractivity (Wildman–Crippen MR) is 240 cm³/mol. The molecule has 7 aromatic rings. The van der Waals surface area contributed by atoms with Crippen LogP contribution in [0.5, 0.6) is 5.75 Å². The Morgan fingerprint density at radius 2 is 1.16 bits per heavy atom. The first-order valence-electron chi connectivity index (χ1n) is 19.3. The number of benzene rings is 7. The zero-order chi connectivity index (χ0) is 38.6. The number of hydrogen-bond acceptors (Lipinski definition) is 2. The number of ether oxygens (including phenoxy) is 1.